The highest BCUT2D eigenvalue weighted by Gasteiger charge is 2.46. The number of nitrogens with zero attached hydrogens (tertiary/aromatic N) is 3. The summed E-state index contributed by atoms with van der Waals surface area (Å²) in [7, 11) is 0. The molecule has 4 heterocycles. The number of hydrogen-bond acceptors (Lipinski definition) is 7. The predicted octanol–water partition coefficient (Wildman–Crippen LogP) is 3.32. The summed E-state index contributed by atoms with van der Waals surface area (Å²) in [5, 5.41) is 7.12. The molecule has 9 nitrogen and oxygen atoms in total. The number of aromatic nitrogens is 2. The van der Waals surface area contributed by atoms with Crippen LogP contribution in [0.25, 0.3) is 0 Å². The summed E-state index contributed by atoms with van der Waals surface area (Å²) >= 11 is 0. The lowest BCUT2D eigenvalue weighted by Gasteiger charge is -2.42. The molecular weight excluding hydrogens is 459 g/mol. The first-order valence-electron chi connectivity index (χ1n) is 10.8. The molecule has 1 atom stereocenters. The molecular formula is C22H26F3N3O6. The molecule has 1 spiro atoms. The van der Waals surface area contributed by atoms with Crippen molar-refractivity contribution in [2.75, 3.05) is 26.3 Å². The molecule has 2 aromatic rings. The van der Waals surface area contributed by atoms with Crippen LogP contribution < -0.4 is 0 Å². The molecule has 2 aromatic heterocycles. The number of carbonyl (C=O) groups excluding carboxylic acids is 1. The normalized spacial score (nSPS) is 19.5. The first-order chi connectivity index (χ1) is 16.2. The molecule has 0 aromatic carbocycles. The maximum Gasteiger partial charge on any atom is 0.490 e. The molecule has 0 saturated carbocycles. The minimum atomic E-state index is -5.08. The highest BCUT2D eigenvalue weighted by atomic mass is 19.4. The Kier molecular flexibility index (Phi) is 8.61. The fourth-order valence-corrected chi connectivity index (χ4v) is 4.21. The second-order valence-electron chi connectivity index (χ2n) is 8.06. The first-order valence-corrected chi connectivity index (χ1v) is 10.8. The van der Waals surface area contributed by atoms with Gasteiger partial charge in [0.05, 0.1) is 12.2 Å². The standard InChI is InChI=1S/C20H25N3O4.C2HF3O2/c24-19(18-14-26-15-22-18)23-9-5-20(6-10-23)17(4-12-27-20)3-11-25-13-16-1-7-21-8-2-16;3-2(4,5)1(6)7/h1-2,7-8,14-15,17H,3-6,9-13H2;(H,6,7). The van der Waals surface area contributed by atoms with Gasteiger partial charge in [0.15, 0.2) is 12.1 Å². The Morgan fingerprint density at radius 1 is 1.24 bits per heavy atom. The number of likely N-dealkylation sites (tertiary alicyclic amines) is 1. The number of rotatable bonds is 6. The van der Waals surface area contributed by atoms with E-state index in [0.29, 0.717) is 31.3 Å². The lowest BCUT2D eigenvalue weighted by Crippen LogP contribution is -2.49. The van der Waals surface area contributed by atoms with Crippen molar-refractivity contribution in [3.8, 4) is 0 Å². The number of ether oxygens (including phenoxy) is 2. The Morgan fingerprint density at radius 2 is 1.91 bits per heavy atom. The average molecular weight is 485 g/mol. The number of carboxylic acid groups (broad SMARTS) is 1. The number of pyridine rings is 1. The predicted molar refractivity (Wildman–Crippen MR) is 111 cm³/mol. The van der Waals surface area contributed by atoms with Crippen molar-refractivity contribution in [1.82, 2.24) is 14.9 Å². The molecule has 0 aliphatic carbocycles. The van der Waals surface area contributed by atoms with Crippen LogP contribution in [0.1, 0.15) is 41.7 Å². The van der Waals surface area contributed by atoms with Gasteiger partial charge >= 0.3 is 12.1 Å². The average Bonchev–Trinajstić information content (AvgIpc) is 3.48. The summed E-state index contributed by atoms with van der Waals surface area (Å²) in [5.41, 5.74) is 1.40. The molecule has 12 heteroatoms. The molecule has 4 rings (SSSR count). The van der Waals surface area contributed by atoms with E-state index in [1.807, 2.05) is 17.0 Å². The number of halogens is 3. The van der Waals surface area contributed by atoms with Crippen LogP contribution in [-0.2, 0) is 20.9 Å². The van der Waals surface area contributed by atoms with Crippen molar-refractivity contribution in [3.05, 3.63) is 48.4 Å². The number of aliphatic carboxylic acids is 1. The van der Waals surface area contributed by atoms with Gasteiger partial charge in [-0.2, -0.15) is 13.2 Å². The number of carbonyl (C=O) groups is 2. The summed E-state index contributed by atoms with van der Waals surface area (Å²) < 4.78 is 48.7. The van der Waals surface area contributed by atoms with E-state index in [4.69, 9.17) is 23.8 Å². The number of oxazole rings is 1. The molecule has 2 aliphatic rings. The number of hydrogen-bond donors (Lipinski definition) is 1. The summed E-state index contributed by atoms with van der Waals surface area (Å²) in [5.74, 6) is -2.33. The van der Waals surface area contributed by atoms with Crippen LogP contribution in [0.15, 0.2) is 41.6 Å². The minimum absolute atomic E-state index is 0.0613. The third-order valence-electron chi connectivity index (χ3n) is 6.02. The van der Waals surface area contributed by atoms with Gasteiger partial charge in [0.2, 0.25) is 0 Å². The third kappa shape index (κ3) is 6.76. The SMILES string of the molecule is O=C(O)C(F)(F)F.O=C(c1cocn1)N1CCC2(CC1)OCCC2CCOCc1ccncc1. The van der Waals surface area contributed by atoms with Gasteiger partial charge in [0.25, 0.3) is 5.91 Å². The lowest BCUT2D eigenvalue weighted by atomic mass is 9.78. The van der Waals surface area contributed by atoms with Crippen LogP contribution in [0, 0.1) is 5.92 Å². The molecule has 2 fully saturated rings. The monoisotopic (exact) mass is 485 g/mol. The van der Waals surface area contributed by atoms with Gasteiger partial charge in [-0.15, -0.1) is 0 Å². The smallest absolute Gasteiger partial charge is 0.475 e. The second kappa shape index (κ2) is 11.4. The van der Waals surface area contributed by atoms with Crippen molar-refractivity contribution in [1.29, 1.82) is 0 Å². The van der Waals surface area contributed by atoms with Crippen molar-refractivity contribution in [2.45, 2.75) is 44.1 Å². The van der Waals surface area contributed by atoms with Gasteiger partial charge in [-0.25, -0.2) is 9.78 Å². The third-order valence-corrected chi connectivity index (χ3v) is 6.02. The highest BCUT2D eigenvalue weighted by Crippen LogP contribution is 2.42. The summed E-state index contributed by atoms with van der Waals surface area (Å²) in [6, 6.07) is 3.95. The number of piperidine rings is 1. The zero-order chi connectivity index (χ0) is 24.6. The largest absolute Gasteiger partial charge is 0.490 e. The van der Waals surface area contributed by atoms with Gasteiger partial charge < -0.3 is 23.9 Å². The van der Waals surface area contributed by atoms with Crippen LogP contribution in [0.3, 0.4) is 0 Å². The van der Waals surface area contributed by atoms with Gasteiger partial charge in [-0.05, 0) is 49.3 Å². The summed E-state index contributed by atoms with van der Waals surface area (Å²) in [6.07, 6.45) is 4.97. The maximum atomic E-state index is 12.4. The minimum Gasteiger partial charge on any atom is -0.475 e. The molecule has 34 heavy (non-hydrogen) atoms. The lowest BCUT2D eigenvalue weighted by molar-refractivity contribution is -0.192. The van der Waals surface area contributed by atoms with Crippen molar-refractivity contribution >= 4 is 11.9 Å². The van der Waals surface area contributed by atoms with E-state index in [0.717, 1.165) is 44.5 Å². The number of alkyl halides is 3. The molecule has 0 radical (unpaired) electrons. The quantitative estimate of drug-likeness (QED) is 0.620. The second-order valence-corrected chi connectivity index (χ2v) is 8.06. The van der Waals surface area contributed by atoms with Crippen LogP contribution in [-0.4, -0.2) is 69.9 Å². The number of carboxylic acids is 1. The Morgan fingerprint density at radius 3 is 2.50 bits per heavy atom. The topological polar surface area (TPSA) is 115 Å². The van der Waals surface area contributed by atoms with Crippen molar-refractivity contribution in [3.63, 3.8) is 0 Å². The zero-order valence-electron chi connectivity index (χ0n) is 18.4. The van der Waals surface area contributed by atoms with Gasteiger partial charge in [0, 0.05) is 38.7 Å². The van der Waals surface area contributed by atoms with Crippen LogP contribution in [0.5, 0.6) is 0 Å². The van der Waals surface area contributed by atoms with Gasteiger partial charge in [0.1, 0.15) is 6.26 Å². The summed E-state index contributed by atoms with van der Waals surface area (Å²) in [4.78, 5) is 31.2. The fourth-order valence-electron chi connectivity index (χ4n) is 4.21. The van der Waals surface area contributed by atoms with E-state index < -0.39 is 12.1 Å². The Balaban J connectivity index is 0.000000406. The molecule has 1 amide bonds. The van der Waals surface area contributed by atoms with Crippen LogP contribution >= 0.6 is 0 Å². The number of amides is 1. The maximum absolute atomic E-state index is 12.4. The van der Waals surface area contributed by atoms with Gasteiger partial charge in [-0.1, -0.05) is 0 Å². The van der Waals surface area contributed by atoms with E-state index in [-0.39, 0.29) is 11.5 Å². The molecule has 1 unspecified atom stereocenters. The van der Waals surface area contributed by atoms with E-state index in [1.54, 1.807) is 12.4 Å². The fraction of sp³-hybridized carbons (Fsp3) is 0.545. The molecule has 186 valence electrons. The van der Waals surface area contributed by atoms with Crippen LogP contribution in [0.4, 0.5) is 13.2 Å². The van der Waals surface area contributed by atoms with E-state index in [9.17, 15) is 18.0 Å². The van der Waals surface area contributed by atoms with E-state index in [2.05, 4.69) is 9.97 Å². The molecule has 2 saturated heterocycles. The summed E-state index contributed by atoms with van der Waals surface area (Å²) in [6.45, 7) is 3.52. The Labute approximate surface area is 193 Å². The molecule has 2 aliphatic heterocycles. The Bertz CT molecular complexity index is 916. The van der Waals surface area contributed by atoms with Crippen molar-refractivity contribution in [2.24, 2.45) is 5.92 Å². The molecule has 0 bridgehead atoms. The van der Waals surface area contributed by atoms with E-state index in [1.165, 1.54) is 12.7 Å². The Hall–Kier alpha value is -2.99. The van der Waals surface area contributed by atoms with E-state index >= 15 is 0 Å². The van der Waals surface area contributed by atoms with Crippen molar-refractivity contribution < 1.29 is 41.8 Å². The first kappa shape index (κ1) is 25.6. The zero-order valence-corrected chi connectivity index (χ0v) is 18.4. The van der Waals surface area contributed by atoms with Crippen LogP contribution in [0.2, 0.25) is 0 Å². The molecule has 1 N–H and O–H groups in total. The van der Waals surface area contributed by atoms with Gasteiger partial charge in [-0.3, -0.25) is 9.78 Å². The highest BCUT2D eigenvalue weighted by molar-refractivity contribution is 5.91.